The van der Waals surface area contributed by atoms with E-state index in [9.17, 15) is 4.79 Å². The summed E-state index contributed by atoms with van der Waals surface area (Å²) in [4.78, 5) is 18.5. The van der Waals surface area contributed by atoms with Gasteiger partial charge in [0, 0.05) is 21.1 Å². The van der Waals surface area contributed by atoms with Crippen LogP contribution >= 0.6 is 15.9 Å². The highest BCUT2D eigenvalue weighted by atomic mass is 79.9. The van der Waals surface area contributed by atoms with Gasteiger partial charge in [0.1, 0.15) is 5.75 Å². The Hall–Kier alpha value is -3.18. The number of carbonyl (C=O) groups is 1. The van der Waals surface area contributed by atoms with Gasteiger partial charge in [-0.25, -0.2) is 4.98 Å². The Morgan fingerprint density at radius 3 is 2.62 bits per heavy atom. The molecule has 0 aliphatic heterocycles. The first-order valence-corrected chi connectivity index (χ1v) is 11.3. The van der Waals surface area contributed by atoms with E-state index in [-0.39, 0.29) is 5.91 Å². The van der Waals surface area contributed by atoms with Crippen LogP contribution in [0.25, 0.3) is 22.2 Å². The van der Waals surface area contributed by atoms with Crippen LogP contribution in [-0.2, 0) is 6.42 Å². The van der Waals surface area contributed by atoms with Crippen molar-refractivity contribution in [2.45, 2.75) is 27.2 Å². The van der Waals surface area contributed by atoms with E-state index in [4.69, 9.17) is 9.72 Å². The van der Waals surface area contributed by atoms with Gasteiger partial charge in [0.15, 0.2) is 0 Å². The molecule has 0 saturated carbocycles. The van der Waals surface area contributed by atoms with Gasteiger partial charge in [0.2, 0.25) is 0 Å². The number of halogens is 1. The molecule has 1 amide bonds. The molecule has 4 nitrogen and oxygen atoms in total. The molecule has 5 heteroatoms. The highest BCUT2D eigenvalue weighted by molar-refractivity contribution is 9.10. The highest BCUT2D eigenvalue weighted by Gasteiger charge is 2.17. The van der Waals surface area contributed by atoms with Gasteiger partial charge in [0.25, 0.3) is 5.91 Å². The number of nitrogens with one attached hydrogen (secondary N) is 1. The van der Waals surface area contributed by atoms with Gasteiger partial charge >= 0.3 is 0 Å². The first-order valence-electron chi connectivity index (χ1n) is 10.6. The molecule has 0 radical (unpaired) electrons. The van der Waals surface area contributed by atoms with Crippen molar-refractivity contribution in [1.82, 2.24) is 4.98 Å². The van der Waals surface area contributed by atoms with Crippen LogP contribution in [0.4, 0.5) is 5.69 Å². The molecular weight excluding hydrogens is 464 g/mol. The second-order valence-electron chi connectivity index (χ2n) is 7.87. The van der Waals surface area contributed by atoms with Crippen LogP contribution in [0.5, 0.6) is 5.75 Å². The third-order valence-corrected chi connectivity index (χ3v) is 6.05. The number of hydrogen-bond acceptors (Lipinski definition) is 3. The van der Waals surface area contributed by atoms with Gasteiger partial charge in [-0.05, 0) is 73.9 Å². The number of ether oxygens (including phenoxy) is 1. The normalized spacial score (nSPS) is 10.9. The zero-order valence-corrected chi connectivity index (χ0v) is 20.2. The minimum atomic E-state index is -0.149. The van der Waals surface area contributed by atoms with E-state index in [0.717, 1.165) is 61.2 Å². The second-order valence-corrected chi connectivity index (χ2v) is 8.79. The van der Waals surface area contributed by atoms with Crippen LogP contribution in [0.3, 0.4) is 0 Å². The van der Waals surface area contributed by atoms with E-state index in [0.29, 0.717) is 5.56 Å². The van der Waals surface area contributed by atoms with E-state index in [1.165, 1.54) is 0 Å². The zero-order valence-electron chi connectivity index (χ0n) is 18.6. The third-order valence-electron chi connectivity index (χ3n) is 5.55. The SMILES string of the molecule is CCc1cc(Br)ccc1NC(=O)c1cc(-c2cccc(OC)c2)nc2c(C)cc(C)cc12. The number of nitrogens with zero attached hydrogens (tertiary/aromatic N) is 1. The Labute approximate surface area is 196 Å². The van der Waals surface area contributed by atoms with Crippen molar-refractivity contribution < 1.29 is 9.53 Å². The first kappa shape index (κ1) is 22.0. The Balaban J connectivity index is 1.88. The topological polar surface area (TPSA) is 51.2 Å². The number of carbonyl (C=O) groups excluding carboxylic acids is 1. The standard InChI is InChI=1S/C27H25BrN2O2/c1-5-18-13-20(28)9-10-24(18)30-27(31)23-15-25(19-7-6-8-21(14-19)32-4)29-26-17(3)11-16(2)12-22(23)26/h6-15H,5H2,1-4H3,(H,30,31). The van der Waals surface area contributed by atoms with Crippen molar-refractivity contribution in [2.24, 2.45) is 0 Å². The van der Waals surface area contributed by atoms with Crippen molar-refractivity contribution in [3.63, 3.8) is 0 Å². The summed E-state index contributed by atoms with van der Waals surface area (Å²) < 4.78 is 6.38. The zero-order chi connectivity index (χ0) is 22.8. The number of anilines is 1. The molecule has 3 aromatic carbocycles. The number of amides is 1. The summed E-state index contributed by atoms with van der Waals surface area (Å²) in [6, 6.07) is 19.6. The Morgan fingerprint density at radius 1 is 1.06 bits per heavy atom. The second kappa shape index (κ2) is 9.13. The Morgan fingerprint density at radius 2 is 1.88 bits per heavy atom. The van der Waals surface area contributed by atoms with Crippen LogP contribution < -0.4 is 10.1 Å². The third kappa shape index (κ3) is 4.39. The average molecular weight is 489 g/mol. The molecule has 1 heterocycles. The van der Waals surface area contributed by atoms with E-state index >= 15 is 0 Å². The van der Waals surface area contributed by atoms with Crippen LogP contribution in [0, 0.1) is 13.8 Å². The molecule has 0 atom stereocenters. The number of rotatable bonds is 5. The van der Waals surface area contributed by atoms with Crippen molar-refractivity contribution in [2.75, 3.05) is 12.4 Å². The minimum Gasteiger partial charge on any atom is -0.497 e. The lowest BCUT2D eigenvalue weighted by Gasteiger charge is -2.15. The Bertz CT molecular complexity index is 1330. The fraction of sp³-hybridized carbons (Fsp3) is 0.185. The fourth-order valence-corrected chi connectivity index (χ4v) is 4.37. The monoisotopic (exact) mass is 488 g/mol. The predicted molar refractivity (Wildman–Crippen MR) is 135 cm³/mol. The van der Waals surface area contributed by atoms with Gasteiger partial charge in [-0.15, -0.1) is 0 Å². The summed E-state index contributed by atoms with van der Waals surface area (Å²) >= 11 is 3.51. The molecule has 0 unspecified atom stereocenters. The van der Waals surface area contributed by atoms with E-state index < -0.39 is 0 Å². The number of aryl methyl sites for hydroxylation is 3. The van der Waals surface area contributed by atoms with Crippen molar-refractivity contribution in [3.05, 3.63) is 87.4 Å². The molecule has 0 fully saturated rings. The minimum absolute atomic E-state index is 0.149. The largest absolute Gasteiger partial charge is 0.497 e. The van der Waals surface area contributed by atoms with Crippen LogP contribution in [-0.4, -0.2) is 18.0 Å². The lowest BCUT2D eigenvalue weighted by atomic mass is 9.99. The van der Waals surface area contributed by atoms with E-state index in [1.54, 1.807) is 7.11 Å². The molecule has 0 saturated heterocycles. The van der Waals surface area contributed by atoms with Gasteiger partial charge in [-0.3, -0.25) is 4.79 Å². The van der Waals surface area contributed by atoms with Gasteiger partial charge in [0.05, 0.1) is 23.9 Å². The molecule has 0 aliphatic carbocycles. The summed E-state index contributed by atoms with van der Waals surface area (Å²) in [6.45, 7) is 6.14. The van der Waals surface area contributed by atoms with E-state index in [2.05, 4.69) is 34.2 Å². The summed E-state index contributed by atoms with van der Waals surface area (Å²) in [5, 5.41) is 3.97. The highest BCUT2D eigenvalue weighted by Crippen LogP contribution is 2.30. The molecule has 0 bridgehead atoms. The molecule has 4 rings (SSSR count). The summed E-state index contributed by atoms with van der Waals surface area (Å²) in [5.41, 5.74) is 7.09. The van der Waals surface area contributed by atoms with Crippen LogP contribution in [0.1, 0.15) is 34.0 Å². The smallest absolute Gasteiger partial charge is 0.256 e. The van der Waals surface area contributed by atoms with Gasteiger partial charge in [-0.2, -0.15) is 0 Å². The molecule has 0 aliphatic rings. The molecule has 1 aromatic heterocycles. The summed E-state index contributed by atoms with van der Waals surface area (Å²) in [6.07, 6.45) is 0.819. The van der Waals surface area contributed by atoms with Crippen LogP contribution in [0.2, 0.25) is 0 Å². The Kier molecular flexibility index (Phi) is 6.28. The van der Waals surface area contributed by atoms with Gasteiger partial charge in [-0.1, -0.05) is 46.6 Å². The quantitative estimate of drug-likeness (QED) is 0.325. The molecule has 0 spiro atoms. The fourth-order valence-electron chi connectivity index (χ4n) is 3.97. The molecule has 4 aromatic rings. The summed E-state index contributed by atoms with van der Waals surface area (Å²) in [5.74, 6) is 0.599. The number of benzene rings is 3. The van der Waals surface area contributed by atoms with Crippen molar-refractivity contribution in [3.8, 4) is 17.0 Å². The predicted octanol–water partition coefficient (Wildman–Crippen LogP) is 7.10. The average Bonchev–Trinajstić information content (AvgIpc) is 2.79. The van der Waals surface area contributed by atoms with Gasteiger partial charge < -0.3 is 10.1 Å². The summed E-state index contributed by atoms with van der Waals surface area (Å²) in [7, 11) is 1.64. The number of fused-ring (bicyclic) bond motifs is 1. The molecule has 162 valence electrons. The number of methoxy groups -OCH3 is 1. The maximum Gasteiger partial charge on any atom is 0.256 e. The maximum absolute atomic E-state index is 13.5. The van der Waals surface area contributed by atoms with Crippen LogP contribution in [0.15, 0.2) is 65.1 Å². The van der Waals surface area contributed by atoms with Crippen molar-refractivity contribution in [1.29, 1.82) is 0 Å². The molecule has 1 N–H and O–H groups in total. The molecular formula is C27H25BrN2O2. The molecule has 32 heavy (non-hydrogen) atoms. The lowest BCUT2D eigenvalue weighted by Crippen LogP contribution is -2.14. The maximum atomic E-state index is 13.5. The lowest BCUT2D eigenvalue weighted by molar-refractivity contribution is 0.102. The van der Waals surface area contributed by atoms with Crippen molar-refractivity contribution >= 4 is 38.4 Å². The number of pyridine rings is 1. The van der Waals surface area contributed by atoms with E-state index in [1.807, 2.05) is 68.4 Å². The number of hydrogen-bond donors (Lipinski definition) is 1. The first-order chi connectivity index (χ1) is 15.4. The number of aromatic nitrogens is 1.